The van der Waals surface area contributed by atoms with Crippen molar-refractivity contribution in [3.63, 3.8) is 0 Å². The van der Waals surface area contributed by atoms with Gasteiger partial charge in [-0.3, -0.25) is 4.68 Å². The summed E-state index contributed by atoms with van der Waals surface area (Å²) in [4.78, 5) is 11.3. The lowest BCUT2D eigenvalue weighted by atomic mass is 10.1. The second-order valence-electron chi connectivity index (χ2n) is 6.19. The molecule has 1 aromatic carbocycles. The molecule has 5 heteroatoms. The van der Waals surface area contributed by atoms with Crippen molar-refractivity contribution in [2.75, 3.05) is 6.61 Å². The highest BCUT2D eigenvalue weighted by Gasteiger charge is 2.00. The van der Waals surface area contributed by atoms with Gasteiger partial charge < -0.3 is 9.15 Å². The van der Waals surface area contributed by atoms with Crippen LogP contribution in [0.3, 0.4) is 0 Å². The predicted octanol–water partition coefficient (Wildman–Crippen LogP) is 4.41. The van der Waals surface area contributed by atoms with E-state index in [1.165, 1.54) is 38.2 Å². The zero-order valence-corrected chi connectivity index (χ0v) is 14.4. The maximum atomic E-state index is 11.3. The smallest absolute Gasteiger partial charge is 0.336 e. The molecule has 0 aliphatic rings. The highest BCUT2D eigenvalue weighted by atomic mass is 16.5. The number of aromatic nitrogens is 2. The van der Waals surface area contributed by atoms with Crippen molar-refractivity contribution in [1.82, 2.24) is 9.78 Å². The molecule has 0 aliphatic heterocycles. The van der Waals surface area contributed by atoms with Crippen molar-refractivity contribution in [3.05, 3.63) is 59.2 Å². The Balaban J connectivity index is 1.27. The Kier molecular flexibility index (Phi) is 6.26. The third-order valence-corrected chi connectivity index (χ3v) is 4.20. The topological polar surface area (TPSA) is 57.3 Å². The highest BCUT2D eigenvalue weighted by molar-refractivity contribution is 5.77. The van der Waals surface area contributed by atoms with Crippen LogP contribution < -0.4 is 10.4 Å². The molecule has 0 atom stereocenters. The van der Waals surface area contributed by atoms with Crippen LogP contribution in [0.2, 0.25) is 0 Å². The Morgan fingerprint density at radius 1 is 1.00 bits per heavy atom. The molecule has 3 rings (SSSR count). The number of rotatable bonds is 10. The number of benzene rings is 1. The molecule has 0 saturated carbocycles. The number of hydrogen-bond donors (Lipinski definition) is 0. The molecule has 5 nitrogen and oxygen atoms in total. The monoisotopic (exact) mass is 340 g/mol. The van der Waals surface area contributed by atoms with Crippen molar-refractivity contribution in [3.8, 4) is 5.75 Å². The molecule has 0 unspecified atom stereocenters. The molecule has 0 amide bonds. The molecule has 0 spiro atoms. The standard InChI is InChI=1S/C20H24N2O3/c23-20-11-9-17-8-10-18(16-19(17)25-20)24-15-6-4-2-1-3-5-13-22-14-7-12-21-22/h7-12,14,16H,1-6,13,15H2. The van der Waals surface area contributed by atoms with Crippen LogP contribution in [-0.2, 0) is 6.54 Å². The summed E-state index contributed by atoms with van der Waals surface area (Å²) in [7, 11) is 0. The zero-order chi connectivity index (χ0) is 17.3. The van der Waals surface area contributed by atoms with E-state index in [1.807, 2.05) is 35.3 Å². The summed E-state index contributed by atoms with van der Waals surface area (Å²) in [5, 5.41) is 5.11. The number of hydrogen-bond acceptors (Lipinski definition) is 4. The molecule has 0 bridgehead atoms. The fourth-order valence-corrected chi connectivity index (χ4v) is 2.84. The van der Waals surface area contributed by atoms with Gasteiger partial charge in [-0.05, 0) is 37.1 Å². The van der Waals surface area contributed by atoms with E-state index in [0.29, 0.717) is 12.2 Å². The van der Waals surface area contributed by atoms with Crippen LogP contribution in [0.4, 0.5) is 0 Å². The predicted molar refractivity (Wildman–Crippen MR) is 97.9 cm³/mol. The van der Waals surface area contributed by atoms with Gasteiger partial charge in [-0.2, -0.15) is 5.10 Å². The van der Waals surface area contributed by atoms with Crippen LogP contribution in [0.25, 0.3) is 11.0 Å². The average Bonchev–Trinajstić information content (AvgIpc) is 3.13. The van der Waals surface area contributed by atoms with Gasteiger partial charge in [0.2, 0.25) is 0 Å². The first kappa shape index (κ1) is 17.3. The maximum absolute atomic E-state index is 11.3. The van der Waals surface area contributed by atoms with E-state index in [1.54, 1.807) is 12.1 Å². The lowest BCUT2D eigenvalue weighted by Crippen LogP contribution is -1.99. The van der Waals surface area contributed by atoms with E-state index in [-0.39, 0.29) is 5.63 Å². The Hall–Kier alpha value is -2.56. The van der Waals surface area contributed by atoms with Crippen LogP contribution in [-0.4, -0.2) is 16.4 Å². The maximum Gasteiger partial charge on any atom is 0.336 e. The molecular formula is C20H24N2O3. The van der Waals surface area contributed by atoms with E-state index in [0.717, 1.165) is 24.1 Å². The first-order chi connectivity index (χ1) is 12.3. The molecule has 0 N–H and O–H groups in total. The highest BCUT2D eigenvalue weighted by Crippen LogP contribution is 2.19. The third kappa shape index (κ3) is 5.48. The lowest BCUT2D eigenvalue weighted by molar-refractivity contribution is 0.304. The van der Waals surface area contributed by atoms with Crippen molar-refractivity contribution in [2.45, 2.75) is 45.1 Å². The van der Waals surface area contributed by atoms with Crippen molar-refractivity contribution < 1.29 is 9.15 Å². The van der Waals surface area contributed by atoms with Gasteiger partial charge in [0.25, 0.3) is 0 Å². The summed E-state index contributed by atoms with van der Waals surface area (Å²) < 4.78 is 12.9. The van der Waals surface area contributed by atoms with Crippen LogP contribution in [0.15, 0.2) is 58.0 Å². The number of aryl methyl sites for hydroxylation is 1. The van der Waals surface area contributed by atoms with Gasteiger partial charge in [-0.25, -0.2) is 4.79 Å². The van der Waals surface area contributed by atoms with E-state index < -0.39 is 0 Å². The molecule has 132 valence electrons. The second kappa shape index (κ2) is 9.06. The third-order valence-electron chi connectivity index (χ3n) is 4.20. The normalized spacial score (nSPS) is 11.0. The number of unbranched alkanes of at least 4 members (excludes halogenated alkanes) is 5. The summed E-state index contributed by atoms with van der Waals surface area (Å²) in [6.45, 7) is 1.70. The minimum Gasteiger partial charge on any atom is -0.493 e. The first-order valence-electron chi connectivity index (χ1n) is 8.95. The fourth-order valence-electron chi connectivity index (χ4n) is 2.84. The summed E-state index contributed by atoms with van der Waals surface area (Å²) in [5.74, 6) is 0.751. The lowest BCUT2D eigenvalue weighted by Gasteiger charge is -2.07. The second-order valence-corrected chi connectivity index (χ2v) is 6.19. The van der Waals surface area contributed by atoms with Gasteiger partial charge in [0.15, 0.2) is 0 Å². The minimum absolute atomic E-state index is 0.336. The molecule has 2 heterocycles. The van der Waals surface area contributed by atoms with E-state index >= 15 is 0 Å². The van der Waals surface area contributed by atoms with Crippen LogP contribution >= 0.6 is 0 Å². The van der Waals surface area contributed by atoms with Crippen LogP contribution in [0.1, 0.15) is 38.5 Å². The Labute approximate surface area is 147 Å². The molecular weight excluding hydrogens is 316 g/mol. The van der Waals surface area contributed by atoms with Gasteiger partial charge in [0.05, 0.1) is 6.61 Å². The van der Waals surface area contributed by atoms with Gasteiger partial charge in [-0.1, -0.05) is 25.7 Å². The van der Waals surface area contributed by atoms with Gasteiger partial charge in [0, 0.05) is 36.5 Å². The van der Waals surface area contributed by atoms with Crippen LogP contribution in [0.5, 0.6) is 5.75 Å². The molecule has 0 radical (unpaired) electrons. The quantitative estimate of drug-likeness (QED) is 0.405. The Morgan fingerprint density at radius 3 is 2.64 bits per heavy atom. The largest absolute Gasteiger partial charge is 0.493 e. The average molecular weight is 340 g/mol. The van der Waals surface area contributed by atoms with Crippen molar-refractivity contribution in [2.24, 2.45) is 0 Å². The molecule has 0 saturated heterocycles. The van der Waals surface area contributed by atoms with Gasteiger partial charge >= 0.3 is 5.63 Å². The fraction of sp³-hybridized carbons (Fsp3) is 0.400. The van der Waals surface area contributed by atoms with Crippen molar-refractivity contribution >= 4 is 11.0 Å². The van der Waals surface area contributed by atoms with E-state index in [4.69, 9.17) is 9.15 Å². The molecule has 25 heavy (non-hydrogen) atoms. The first-order valence-corrected chi connectivity index (χ1v) is 8.95. The van der Waals surface area contributed by atoms with Crippen molar-refractivity contribution in [1.29, 1.82) is 0 Å². The van der Waals surface area contributed by atoms with E-state index in [2.05, 4.69) is 5.10 Å². The molecule has 2 aromatic heterocycles. The summed E-state index contributed by atoms with van der Waals surface area (Å²) in [6.07, 6.45) is 10.9. The zero-order valence-electron chi connectivity index (χ0n) is 14.4. The summed E-state index contributed by atoms with van der Waals surface area (Å²) in [6, 6.07) is 10.8. The summed E-state index contributed by atoms with van der Waals surface area (Å²) >= 11 is 0. The SMILES string of the molecule is O=c1ccc2ccc(OCCCCCCCCn3cccn3)cc2o1. The number of fused-ring (bicyclic) bond motifs is 1. The Bertz CT molecular complexity index is 824. The van der Waals surface area contributed by atoms with E-state index in [9.17, 15) is 4.79 Å². The van der Waals surface area contributed by atoms with Gasteiger partial charge in [-0.15, -0.1) is 0 Å². The molecule has 0 fully saturated rings. The molecule has 0 aliphatic carbocycles. The van der Waals surface area contributed by atoms with Gasteiger partial charge in [0.1, 0.15) is 11.3 Å². The minimum atomic E-state index is -0.336. The summed E-state index contributed by atoms with van der Waals surface area (Å²) in [5.41, 5.74) is 0.236. The number of nitrogens with zero attached hydrogens (tertiary/aromatic N) is 2. The van der Waals surface area contributed by atoms with Crippen LogP contribution in [0, 0.1) is 0 Å². The number of ether oxygens (including phenoxy) is 1. The molecule has 3 aromatic rings. The Morgan fingerprint density at radius 2 is 1.80 bits per heavy atom.